The van der Waals surface area contributed by atoms with E-state index in [2.05, 4.69) is 31.7 Å². The van der Waals surface area contributed by atoms with Crippen LogP contribution in [0.4, 0.5) is 11.4 Å². The zero-order valence-corrected chi connectivity index (χ0v) is 14.1. The normalized spacial score (nSPS) is 10.6. The number of hydrogen-bond acceptors (Lipinski definition) is 6. The molecule has 0 radical (unpaired) electrons. The highest BCUT2D eigenvalue weighted by Gasteiger charge is 1.99. The lowest BCUT2D eigenvalue weighted by Gasteiger charge is -2.04. The average molecular weight is 352 g/mol. The third kappa shape index (κ3) is 7.73. The van der Waals surface area contributed by atoms with E-state index >= 15 is 0 Å². The second-order valence-corrected chi connectivity index (χ2v) is 5.07. The van der Waals surface area contributed by atoms with Gasteiger partial charge in [0, 0.05) is 11.4 Å². The van der Waals surface area contributed by atoms with E-state index in [4.69, 9.17) is 0 Å². The van der Waals surface area contributed by atoms with E-state index in [9.17, 15) is 9.59 Å². The summed E-state index contributed by atoms with van der Waals surface area (Å²) in [5.41, 5.74) is 6.37. The Bertz CT molecular complexity index is 681. The molecular formula is C18H20N6O2. The summed E-state index contributed by atoms with van der Waals surface area (Å²) in [6.45, 7) is 0.195. The highest BCUT2D eigenvalue weighted by atomic mass is 16.2. The van der Waals surface area contributed by atoms with Crippen molar-refractivity contribution in [1.82, 2.24) is 10.9 Å². The van der Waals surface area contributed by atoms with Gasteiger partial charge in [0.2, 0.25) is 0 Å². The van der Waals surface area contributed by atoms with Gasteiger partial charge in [-0.3, -0.25) is 9.59 Å². The topological polar surface area (TPSA) is 107 Å². The molecule has 2 amide bonds. The minimum Gasteiger partial charge on any atom is -0.376 e. The molecule has 2 aromatic rings. The van der Waals surface area contributed by atoms with E-state index in [0.717, 1.165) is 11.4 Å². The standard InChI is InChI=1S/C18H20N6O2/c25-17(13-19-15-7-3-1-4-8-15)23-21-11-12-22-24-18(26)14-20-16-9-5-2-6-10-16/h1-12,19-20H,13-14H2,(H,23,25)(H,24,26)/b21-11-,22-12-. The minimum absolute atomic E-state index is 0.0976. The third-order valence-corrected chi connectivity index (χ3v) is 3.05. The molecule has 0 atom stereocenters. The molecule has 2 aromatic carbocycles. The second kappa shape index (κ2) is 11.0. The molecule has 2 rings (SSSR count). The Morgan fingerprint density at radius 1 is 0.692 bits per heavy atom. The average Bonchev–Trinajstić information content (AvgIpc) is 2.69. The lowest BCUT2D eigenvalue weighted by molar-refractivity contribution is -0.120. The van der Waals surface area contributed by atoms with E-state index in [1.165, 1.54) is 12.4 Å². The van der Waals surface area contributed by atoms with Gasteiger partial charge in [0.25, 0.3) is 11.8 Å². The predicted molar refractivity (Wildman–Crippen MR) is 103 cm³/mol. The summed E-state index contributed by atoms with van der Waals surface area (Å²) in [6, 6.07) is 18.7. The molecule has 8 heteroatoms. The molecule has 0 spiro atoms. The largest absolute Gasteiger partial charge is 0.376 e. The van der Waals surface area contributed by atoms with Gasteiger partial charge in [-0.1, -0.05) is 36.4 Å². The zero-order valence-electron chi connectivity index (χ0n) is 14.1. The van der Waals surface area contributed by atoms with E-state index in [-0.39, 0.29) is 24.9 Å². The third-order valence-electron chi connectivity index (χ3n) is 3.05. The van der Waals surface area contributed by atoms with Crippen LogP contribution in [0.1, 0.15) is 0 Å². The van der Waals surface area contributed by atoms with Crippen LogP contribution in [0.2, 0.25) is 0 Å². The smallest absolute Gasteiger partial charge is 0.259 e. The van der Waals surface area contributed by atoms with Gasteiger partial charge in [-0.25, -0.2) is 10.9 Å². The van der Waals surface area contributed by atoms with Crippen LogP contribution in [-0.2, 0) is 9.59 Å². The van der Waals surface area contributed by atoms with Gasteiger partial charge in [-0.15, -0.1) is 0 Å². The Labute approximate surface area is 151 Å². The van der Waals surface area contributed by atoms with Crippen LogP contribution in [0.5, 0.6) is 0 Å². The number of carbonyl (C=O) groups excluding carboxylic acids is 2. The number of carbonyl (C=O) groups is 2. The molecule has 0 aliphatic rings. The fraction of sp³-hybridized carbons (Fsp3) is 0.111. The molecule has 8 nitrogen and oxygen atoms in total. The Hall–Kier alpha value is -3.68. The maximum atomic E-state index is 11.6. The summed E-state index contributed by atoms with van der Waals surface area (Å²) in [4.78, 5) is 23.1. The maximum Gasteiger partial charge on any atom is 0.259 e. The first-order chi connectivity index (χ1) is 12.7. The van der Waals surface area contributed by atoms with Crippen LogP contribution in [0.25, 0.3) is 0 Å². The number of nitrogens with zero attached hydrogens (tertiary/aromatic N) is 2. The van der Waals surface area contributed by atoms with Gasteiger partial charge in [-0.2, -0.15) is 10.2 Å². The second-order valence-electron chi connectivity index (χ2n) is 5.07. The van der Waals surface area contributed by atoms with Crippen molar-refractivity contribution < 1.29 is 9.59 Å². The molecule has 0 aromatic heterocycles. The number of nitrogens with one attached hydrogen (secondary N) is 4. The van der Waals surface area contributed by atoms with Crippen molar-refractivity contribution in [3.05, 3.63) is 60.7 Å². The van der Waals surface area contributed by atoms with Crippen LogP contribution >= 0.6 is 0 Å². The number of hydrogen-bond donors (Lipinski definition) is 4. The molecule has 0 aliphatic heterocycles. The predicted octanol–water partition coefficient (Wildman–Crippen LogP) is 1.41. The maximum absolute atomic E-state index is 11.6. The quantitative estimate of drug-likeness (QED) is 0.404. The summed E-state index contributed by atoms with van der Waals surface area (Å²) < 4.78 is 0. The van der Waals surface area contributed by atoms with Crippen molar-refractivity contribution in [3.63, 3.8) is 0 Å². The fourth-order valence-electron chi connectivity index (χ4n) is 1.84. The molecule has 0 heterocycles. The van der Waals surface area contributed by atoms with Crippen molar-refractivity contribution in [2.24, 2.45) is 10.2 Å². The Balaban J connectivity index is 1.57. The van der Waals surface area contributed by atoms with E-state index in [1.807, 2.05) is 60.7 Å². The highest BCUT2D eigenvalue weighted by molar-refractivity contribution is 6.16. The van der Waals surface area contributed by atoms with E-state index in [1.54, 1.807) is 0 Å². The molecule has 0 fully saturated rings. The first-order valence-corrected chi connectivity index (χ1v) is 7.94. The lowest BCUT2D eigenvalue weighted by Crippen LogP contribution is -2.26. The van der Waals surface area contributed by atoms with Crippen molar-refractivity contribution in [3.8, 4) is 0 Å². The number of benzene rings is 2. The van der Waals surface area contributed by atoms with E-state index in [0.29, 0.717) is 0 Å². The SMILES string of the molecule is O=C(CNc1ccccc1)N/N=C\C=N/NC(=O)CNc1ccccc1. The van der Waals surface area contributed by atoms with Gasteiger partial charge in [0.05, 0.1) is 25.5 Å². The van der Waals surface area contributed by atoms with Gasteiger partial charge in [0.1, 0.15) is 0 Å². The van der Waals surface area contributed by atoms with Crippen LogP contribution in [0, 0.1) is 0 Å². The van der Waals surface area contributed by atoms with Crippen molar-refractivity contribution in [2.75, 3.05) is 23.7 Å². The van der Waals surface area contributed by atoms with Gasteiger partial charge < -0.3 is 10.6 Å². The van der Waals surface area contributed by atoms with Crippen LogP contribution in [0.15, 0.2) is 70.9 Å². The molecule has 4 N–H and O–H groups in total. The number of anilines is 2. The number of rotatable bonds is 9. The summed E-state index contributed by atoms with van der Waals surface area (Å²) in [5, 5.41) is 13.3. The number of hydrazone groups is 2. The zero-order chi connectivity index (χ0) is 18.5. The molecule has 0 aliphatic carbocycles. The minimum atomic E-state index is -0.297. The van der Waals surface area contributed by atoms with Crippen molar-refractivity contribution in [2.45, 2.75) is 0 Å². The molecule has 0 bridgehead atoms. The fourth-order valence-corrected chi connectivity index (χ4v) is 1.84. The molecule has 0 unspecified atom stereocenters. The Kier molecular flexibility index (Phi) is 7.88. The van der Waals surface area contributed by atoms with Crippen LogP contribution < -0.4 is 21.5 Å². The molecule has 0 saturated carbocycles. The highest BCUT2D eigenvalue weighted by Crippen LogP contribution is 2.04. The first-order valence-electron chi connectivity index (χ1n) is 7.94. The van der Waals surface area contributed by atoms with Crippen molar-refractivity contribution in [1.29, 1.82) is 0 Å². The molecule has 26 heavy (non-hydrogen) atoms. The summed E-state index contributed by atoms with van der Waals surface area (Å²) in [5.74, 6) is -0.593. The first kappa shape index (κ1) is 18.7. The Morgan fingerprint density at radius 2 is 1.08 bits per heavy atom. The number of amides is 2. The van der Waals surface area contributed by atoms with Gasteiger partial charge in [0.15, 0.2) is 0 Å². The van der Waals surface area contributed by atoms with Gasteiger partial charge >= 0.3 is 0 Å². The molecule has 134 valence electrons. The Morgan fingerprint density at radius 3 is 1.46 bits per heavy atom. The number of para-hydroxylation sites is 2. The van der Waals surface area contributed by atoms with Crippen LogP contribution in [-0.4, -0.2) is 37.3 Å². The summed E-state index contributed by atoms with van der Waals surface area (Å²) in [7, 11) is 0. The summed E-state index contributed by atoms with van der Waals surface area (Å²) in [6.07, 6.45) is 2.54. The molecular weight excluding hydrogens is 332 g/mol. The van der Waals surface area contributed by atoms with Gasteiger partial charge in [-0.05, 0) is 24.3 Å². The van der Waals surface area contributed by atoms with Crippen LogP contribution in [0.3, 0.4) is 0 Å². The van der Waals surface area contributed by atoms with Crippen molar-refractivity contribution >= 4 is 35.6 Å². The summed E-state index contributed by atoms with van der Waals surface area (Å²) >= 11 is 0. The van der Waals surface area contributed by atoms with E-state index < -0.39 is 0 Å². The lowest BCUT2D eigenvalue weighted by atomic mass is 10.3. The monoisotopic (exact) mass is 352 g/mol. The molecule has 0 saturated heterocycles.